The van der Waals surface area contributed by atoms with Crippen molar-refractivity contribution in [3.8, 4) is 0 Å². The monoisotopic (exact) mass is 237 g/mol. The molecule has 0 aliphatic rings. The van der Waals surface area contributed by atoms with Gasteiger partial charge in [-0.1, -0.05) is 0 Å². The molecule has 1 heterocycles. The number of aryl methyl sites for hydroxylation is 1. The van der Waals surface area contributed by atoms with Crippen LogP contribution in [0.25, 0.3) is 0 Å². The van der Waals surface area contributed by atoms with E-state index >= 15 is 0 Å². The summed E-state index contributed by atoms with van der Waals surface area (Å²) in [6, 6.07) is 2.61. The molecule has 5 nitrogen and oxygen atoms in total. The fourth-order valence-corrected chi connectivity index (χ4v) is 1.59. The van der Waals surface area contributed by atoms with E-state index in [1.165, 1.54) is 0 Å². The van der Waals surface area contributed by atoms with Crippen LogP contribution in [0.4, 0.5) is 11.6 Å². The summed E-state index contributed by atoms with van der Waals surface area (Å²) in [5.74, 6) is 2.47. The molecule has 0 aromatic carbocycles. The highest BCUT2D eigenvalue weighted by molar-refractivity contribution is 5.48. The zero-order valence-electron chi connectivity index (χ0n) is 11.1. The van der Waals surface area contributed by atoms with Gasteiger partial charge in [-0.2, -0.15) is 0 Å². The lowest BCUT2D eigenvalue weighted by molar-refractivity contribution is 0.712. The summed E-state index contributed by atoms with van der Waals surface area (Å²) in [5.41, 5.74) is 5.52. The third kappa shape index (κ3) is 4.99. The van der Waals surface area contributed by atoms with Gasteiger partial charge in [-0.15, -0.1) is 0 Å². The number of hydrogen-bond donors (Lipinski definition) is 3. The van der Waals surface area contributed by atoms with Crippen LogP contribution in [0.15, 0.2) is 6.07 Å². The number of aromatic nitrogens is 2. The van der Waals surface area contributed by atoms with Crippen molar-refractivity contribution >= 4 is 11.6 Å². The number of nitrogens with one attached hydrogen (secondary N) is 2. The minimum Gasteiger partial charge on any atom is -0.368 e. The average molecular weight is 237 g/mol. The summed E-state index contributed by atoms with van der Waals surface area (Å²) >= 11 is 0. The van der Waals surface area contributed by atoms with Crippen LogP contribution < -0.4 is 16.4 Å². The Bertz CT molecular complexity index is 351. The number of anilines is 2. The highest BCUT2D eigenvalue weighted by atomic mass is 15.1. The Morgan fingerprint density at radius 2 is 1.76 bits per heavy atom. The second-order valence-electron chi connectivity index (χ2n) is 4.61. The third-order valence-electron chi connectivity index (χ3n) is 2.27. The molecular formula is C12H23N5. The molecule has 0 radical (unpaired) electrons. The van der Waals surface area contributed by atoms with Crippen molar-refractivity contribution in [3.63, 3.8) is 0 Å². The second-order valence-corrected chi connectivity index (χ2v) is 4.61. The van der Waals surface area contributed by atoms with E-state index in [2.05, 4.69) is 41.4 Å². The van der Waals surface area contributed by atoms with E-state index in [1.807, 2.05) is 13.0 Å². The van der Waals surface area contributed by atoms with Gasteiger partial charge in [0.05, 0.1) is 0 Å². The van der Waals surface area contributed by atoms with Crippen molar-refractivity contribution in [2.75, 3.05) is 17.2 Å². The fraction of sp³-hybridized carbons (Fsp3) is 0.667. The van der Waals surface area contributed by atoms with E-state index in [0.29, 0.717) is 18.6 Å². The molecule has 1 atom stereocenters. The molecule has 1 aromatic heterocycles. The van der Waals surface area contributed by atoms with Gasteiger partial charge in [0, 0.05) is 18.2 Å². The predicted octanol–water partition coefficient (Wildman–Crippen LogP) is 1.75. The van der Waals surface area contributed by atoms with E-state index in [9.17, 15) is 0 Å². The first-order valence-corrected chi connectivity index (χ1v) is 6.10. The predicted molar refractivity (Wildman–Crippen MR) is 72.3 cm³/mol. The van der Waals surface area contributed by atoms with E-state index < -0.39 is 0 Å². The Labute approximate surface area is 103 Å². The van der Waals surface area contributed by atoms with Gasteiger partial charge in [-0.05, 0) is 40.7 Å². The minimum atomic E-state index is 0.321. The van der Waals surface area contributed by atoms with E-state index in [4.69, 9.17) is 5.73 Å². The Kier molecular flexibility index (Phi) is 5.15. The molecule has 4 N–H and O–H groups in total. The summed E-state index contributed by atoms with van der Waals surface area (Å²) in [7, 11) is 0. The quantitative estimate of drug-likeness (QED) is 0.703. The maximum Gasteiger partial charge on any atom is 0.132 e. The first kappa shape index (κ1) is 13.7. The molecular weight excluding hydrogens is 214 g/mol. The van der Waals surface area contributed by atoms with Gasteiger partial charge in [0.2, 0.25) is 0 Å². The molecule has 1 rings (SSSR count). The first-order valence-electron chi connectivity index (χ1n) is 6.10. The van der Waals surface area contributed by atoms with Crippen LogP contribution in [-0.4, -0.2) is 28.6 Å². The Morgan fingerprint density at radius 3 is 2.29 bits per heavy atom. The molecule has 1 unspecified atom stereocenters. The zero-order chi connectivity index (χ0) is 12.8. The summed E-state index contributed by atoms with van der Waals surface area (Å²) in [6.07, 6.45) is 0.927. The van der Waals surface area contributed by atoms with Crippen LogP contribution in [0.2, 0.25) is 0 Å². The van der Waals surface area contributed by atoms with Crippen LogP contribution in [0.1, 0.15) is 33.0 Å². The third-order valence-corrected chi connectivity index (χ3v) is 2.27. The molecule has 0 spiro atoms. The highest BCUT2D eigenvalue weighted by Crippen LogP contribution is 2.13. The maximum absolute atomic E-state index is 5.52. The van der Waals surface area contributed by atoms with Crippen molar-refractivity contribution < 1.29 is 0 Å². The summed E-state index contributed by atoms with van der Waals surface area (Å²) in [5, 5.41) is 6.60. The molecule has 17 heavy (non-hydrogen) atoms. The summed E-state index contributed by atoms with van der Waals surface area (Å²) in [6.45, 7) is 8.84. The van der Waals surface area contributed by atoms with Crippen LogP contribution in [0.3, 0.4) is 0 Å². The average Bonchev–Trinajstić information content (AvgIpc) is 2.14. The SMILES string of the molecule is Cc1nc(NC(C)C)cc(NC(C)CCN)n1. The zero-order valence-corrected chi connectivity index (χ0v) is 11.1. The standard InChI is InChI=1S/C12H23N5/c1-8(2)14-11-7-12(17-10(4)16-11)15-9(3)5-6-13/h7-9H,5-6,13H2,1-4H3,(H2,14,15,16,17). The first-order chi connectivity index (χ1) is 8.01. The van der Waals surface area contributed by atoms with Crippen LogP contribution >= 0.6 is 0 Å². The van der Waals surface area contributed by atoms with Crippen molar-refractivity contribution in [2.24, 2.45) is 5.73 Å². The molecule has 0 bridgehead atoms. The largest absolute Gasteiger partial charge is 0.368 e. The smallest absolute Gasteiger partial charge is 0.132 e. The highest BCUT2D eigenvalue weighted by Gasteiger charge is 2.06. The fourth-order valence-electron chi connectivity index (χ4n) is 1.59. The number of hydrogen-bond acceptors (Lipinski definition) is 5. The van der Waals surface area contributed by atoms with Gasteiger partial charge in [0.15, 0.2) is 0 Å². The van der Waals surface area contributed by atoms with Gasteiger partial charge in [-0.3, -0.25) is 0 Å². The van der Waals surface area contributed by atoms with Gasteiger partial charge >= 0.3 is 0 Å². The number of nitrogens with zero attached hydrogens (tertiary/aromatic N) is 2. The molecule has 5 heteroatoms. The molecule has 0 saturated carbocycles. The number of rotatable bonds is 6. The van der Waals surface area contributed by atoms with Gasteiger partial charge in [0.1, 0.15) is 17.5 Å². The van der Waals surface area contributed by atoms with Crippen molar-refractivity contribution in [1.29, 1.82) is 0 Å². The lowest BCUT2D eigenvalue weighted by atomic mass is 10.2. The summed E-state index contributed by atoms with van der Waals surface area (Å²) in [4.78, 5) is 8.70. The van der Waals surface area contributed by atoms with Crippen LogP contribution in [0.5, 0.6) is 0 Å². The van der Waals surface area contributed by atoms with Crippen molar-refractivity contribution in [2.45, 2.75) is 46.2 Å². The number of nitrogens with two attached hydrogens (primary N) is 1. The maximum atomic E-state index is 5.52. The normalized spacial score (nSPS) is 12.6. The molecule has 0 amide bonds. The van der Waals surface area contributed by atoms with Crippen molar-refractivity contribution in [3.05, 3.63) is 11.9 Å². The second kappa shape index (κ2) is 6.39. The minimum absolute atomic E-state index is 0.321. The van der Waals surface area contributed by atoms with Crippen LogP contribution in [0, 0.1) is 6.92 Å². The molecule has 0 fully saturated rings. The Morgan fingerprint density at radius 1 is 1.18 bits per heavy atom. The van der Waals surface area contributed by atoms with E-state index in [0.717, 1.165) is 23.9 Å². The summed E-state index contributed by atoms with van der Waals surface area (Å²) < 4.78 is 0. The van der Waals surface area contributed by atoms with Crippen LogP contribution in [-0.2, 0) is 0 Å². The molecule has 96 valence electrons. The van der Waals surface area contributed by atoms with Gasteiger partial charge < -0.3 is 16.4 Å². The molecule has 0 aliphatic heterocycles. The van der Waals surface area contributed by atoms with E-state index in [-0.39, 0.29) is 0 Å². The Hall–Kier alpha value is -1.36. The Balaban J connectivity index is 2.74. The van der Waals surface area contributed by atoms with Gasteiger partial charge in [-0.25, -0.2) is 9.97 Å². The lowest BCUT2D eigenvalue weighted by Crippen LogP contribution is -2.21. The lowest BCUT2D eigenvalue weighted by Gasteiger charge is -2.15. The van der Waals surface area contributed by atoms with E-state index in [1.54, 1.807) is 0 Å². The molecule has 1 aromatic rings. The topological polar surface area (TPSA) is 75.9 Å². The molecule has 0 saturated heterocycles. The molecule has 0 aliphatic carbocycles. The van der Waals surface area contributed by atoms with Gasteiger partial charge in [0.25, 0.3) is 0 Å². The van der Waals surface area contributed by atoms with Crippen molar-refractivity contribution in [1.82, 2.24) is 9.97 Å².